The highest BCUT2D eigenvalue weighted by molar-refractivity contribution is 5.94. The predicted octanol–water partition coefficient (Wildman–Crippen LogP) is 3.45. The number of rotatable bonds is 6. The molecule has 0 aromatic heterocycles. The molecule has 0 unspecified atom stereocenters. The highest BCUT2D eigenvalue weighted by Crippen LogP contribution is 2.33. The number of unbranched alkanes of at least 4 members (excludes halogenated alkanes) is 1. The van der Waals surface area contributed by atoms with Gasteiger partial charge in [0.2, 0.25) is 5.91 Å². The molecule has 5 nitrogen and oxygen atoms in total. The van der Waals surface area contributed by atoms with E-state index in [1.165, 1.54) is 18.4 Å². The number of ether oxygens (including phenoxy) is 1. The number of nitrogen functional groups attached to an aromatic ring is 1. The number of hydrogen-bond acceptors (Lipinski definition) is 4. The number of nitrogens with one attached hydrogen (secondary N) is 1. The number of fused-ring (bicyclic) bond motifs is 1. The molecule has 0 saturated carbocycles. The van der Waals surface area contributed by atoms with Crippen molar-refractivity contribution in [3.63, 3.8) is 0 Å². The molecule has 2 aromatic carbocycles. The fourth-order valence-corrected chi connectivity index (χ4v) is 2.97. The SMILES string of the molecule is CCCCc1ccc(NC(=O)CN2CCOc3cc(N)ccc32)cc1. The minimum absolute atomic E-state index is 0.0361. The van der Waals surface area contributed by atoms with Crippen molar-refractivity contribution in [2.45, 2.75) is 26.2 Å². The molecule has 25 heavy (non-hydrogen) atoms. The molecule has 0 atom stereocenters. The minimum atomic E-state index is -0.0361. The second-order valence-electron chi connectivity index (χ2n) is 6.35. The third-order valence-corrected chi connectivity index (χ3v) is 4.33. The largest absolute Gasteiger partial charge is 0.489 e. The van der Waals surface area contributed by atoms with Crippen LogP contribution in [0.4, 0.5) is 17.1 Å². The van der Waals surface area contributed by atoms with Crippen LogP contribution in [0.25, 0.3) is 0 Å². The lowest BCUT2D eigenvalue weighted by Gasteiger charge is -2.30. The van der Waals surface area contributed by atoms with Crippen LogP contribution in [-0.2, 0) is 11.2 Å². The number of anilines is 3. The van der Waals surface area contributed by atoms with Crippen molar-refractivity contribution in [1.82, 2.24) is 0 Å². The first-order valence-corrected chi connectivity index (χ1v) is 8.82. The molecule has 0 bridgehead atoms. The lowest BCUT2D eigenvalue weighted by molar-refractivity contribution is -0.115. The summed E-state index contributed by atoms with van der Waals surface area (Å²) in [4.78, 5) is 14.4. The average molecular weight is 339 g/mol. The molecule has 1 heterocycles. The minimum Gasteiger partial charge on any atom is -0.489 e. The molecule has 2 aromatic rings. The summed E-state index contributed by atoms with van der Waals surface area (Å²) >= 11 is 0. The quantitative estimate of drug-likeness (QED) is 0.791. The molecule has 0 radical (unpaired) electrons. The molecule has 0 saturated heterocycles. The first kappa shape index (κ1) is 17.1. The number of nitrogens with zero attached hydrogens (tertiary/aromatic N) is 1. The van der Waals surface area contributed by atoms with Gasteiger partial charge < -0.3 is 20.7 Å². The Morgan fingerprint density at radius 3 is 2.80 bits per heavy atom. The van der Waals surface area contributed by atoms with Crippen molar-refractivity contribution in [3.8, 4) is 5.75 Å². The van der Waals surface area contributed by atoms with Gasteiger partial charge in [-0.05, 0) is 42.7 Å². The van der Waals surface area contributed by atoms with Crippen molar-refractivity contribution < 1.29 is 9.53 Å². The fraction of sp³-hybridized carbons (Fsp3) is 0.350. The summed E-state index contributed by atoms with van der Waals surface area (Å²) < 4.78 is 5.63. The number of amides is 1. The lowest BCUT2D eigenvalue weighted by atomic mass is 10.1. The Hall–Kier alpha value is -2.69. The molecule has 5 heteroatoms. The molecule has 1 aliphatic rings. The smallest absolute Gasteiger partial charge is 0.243 e. The van der Waals surface area contributed by atoms with Crippen molar-refractivity contribution in [1.29, 1.82) is 0 Å². The normalized spacial score (nSPS) is 13.1. The van der Waals surface area contributed by atoms with Gasteiger partial charge in [-0.1, -0.05) is 25.5 Å². The van der Waals surface area contributed by atoms with Gasteiger partial charge in [-0.15, -0.1) is 0 Å². The summed E-state index contributed by atoms with van der Waals surface area (Å²) in [6.07, 6.45) is 3.45. The van der Waals surface area contributed by atoms with Crippen molar-refractivity contribution in [3.05, 3.63) is 48.0 Å². The monoisotopic (exact) mass is 339 g/mol. The van der Waals surface area contributed by atoms with Crippen LogP contribution in [-0.4, -0.2) is 25.6 Å². The van der Waals surface area contributed by atoms with E-state index in [1.54, 1.807) is 6.07 Å². The number of carbonyl (C=O) groups excluding carboxylic acids is 1. The van der Waals surface area contributed by atoms with E-state index in [9.17, 15) is 4.79 Å². The van der Waals surface area contributed by atoms with Crippen LogP contribution < -0.4 is 20.7 Å². The molecule has 132 valence electrons. The van der Waals surface area contributed by atoms with Crippen molar-refractivity contribution in [2.75, 3.05) is 35.6 Å². The summed E-state index contributed by atoms with van der Waals surface area (Å²) in [5.74, 6) is 0.699. The molecule has 3 N–H and O–H groups in total. The standard InChI is InChI=1S/C20H25N3O2/c1-2-3-4-15-5-8-17(9-6-15)22-20(24)14-23-11-12-25-19-13-16(21)7-10-18(19)23/h5-10,13H,2-4,11-12,14,21H2,1H3,(H,22,24). The maximum absolute atomic E-state index is 12.4. The van der Waals surface area contributed by atoms with Gasteiger partial charge in [0.25, 0.3) is 0 Å². The molecule has 0 spiro atoms. The van der Waals surface area contributed by atoms with Crippen LogP contribution in [0.1, 0.15) is 25.3 Å². The van der Waals surface area contributed by atoms with Crippen LogP contribution in [0.2, 0.25) is 0 Å². The molecule has 1 aliphatic heterocycles. The summed E-state index contributed by atoms with van der Waals surface area (Å²) in [5, 5.41) is 2.97. The number of benzene rings is 2. The van der Waals surface area contributed by atoms with E-state index >= 15 is 0 Å². The van der Waals surface area contributed by atoms with Crippen molar-refractivity contribution >= 4 is 23.0 Å². The van der Waals surface area contributed by atoms with E-state index in [1.807, 2.05) is 29.2 Å². The fourth-order valence-electron chi connectivity index (χ4n) is 2.97. The van der Waals surface area contributed by atoms with E-state index < -0.39 is 0 Å². The summed E-state index contributed by atoms with van der Waals surface area (Å²) in [7, 11) is 0. The molecule has 0 fully saturated rings. The van der Waals surface area contributed by atoms with Gasteiger partial charge in [-0.2, -0.15) is 0 Å². The Balaban J connectivity index is 1.60. The van der Waals surface area contributed by atoms with E-state index in [0.717, 1.165) is 23.5 Å². The lowest BCUT2D eigenvalue weighted by Crippen LogP contribution is -2.38. The van der Waals surface area contributed by atoms with Crippen molar-refractivity contribution in [2.24, 2.45) is 0 Å². The van der Waals surface area contributed by atoms with E-state index in [4.69, 9.17) is 10.5 Å². The number of aryl methyl sites for hydroxylation is 1. The second kappa shape index (κ2) is 7.92. The zero-order valence-corrected chi connectivity index (χ0v) is 14.6. The average Bonchev–Trinajstić information content (AvgIpc) is 2.61. The van der Waals surface area contributed by atoms with Crippen LogP contribution in [0.15, 0.2) is 42.5 Å². The van der Waals surface area contributed by atoms with E-state index in [-0.39, 0.29) is 12.5 Å². The van der Waals surface area contributed by atoms with Gasteiger partial charge in [-0.25, -0.2) is 0 Å². The topological polar surface area (TPSA) is 67.6 Å². The number of nitrogens with two attached hydrogens (primary N) is 1. The second-order valence-corrected chi connectivity index (χ2v) is 6.35. The summed E-state index contributed by atoms with van der Waals surface area (Å²) in [6.45, 7) is 3.71. The maximum atomic E-state index is 12.4. The van der Waals surface area contributed by atoms with Crippen LogP contribution in [0.3, 0.4) is 0 Å². The van der Waals surface area contributed by atoms with Crippen LogP contribution >= 0.6 is 0 Å². The highest BCUT2D eigenvalue weighted by atomic mass is 16.5. The van der Waals surface area contributed by atoms with Gasteiger partial charge in [0.1, 0.15) is 12.4 Å². The third kappa shape index (κ3) is 4.44. The van der Waals surface area contributed by atoms with Gasteiger partial charge >= 0.3 is 0 Å². The number of hydrogen-bond donors (Lipinski definition) is 2. The molecule has 3 rings (SSSR count). The first-order chi connectivity index (χ1) is 12.2. The number of carbonyl (C=O) groups is 1. The molecule has 1 amide bonds. The van der Waals surface area contributed by atoms with Gasteiger partial charge in [0.15, 0.2) is 0 Å². The Labute approximate surface area is 148 Å². The van der Waals surface area contributed by atoms with Gasteiger partial charge in [0, 0.05) is 17.4 Å². The Morgan fingerprint density at radius 1 is 1.24 bits per heavy atom. The van der Waals surface area contributed by atoms with Gasteiger partial charge in [0.05, 0.1) is 18.8 Å². The Kier molecular flexibility index (Phi) is 5.43. The predicted molar refractivity (Wildman–Crippen MR) is 102 cm³/mol. The molecular formula is C20H25N3O2. The molecular weight excluding hydrogens is 314 g/mol. The first-order valence-electron chi connectivity index (χ1n) is 8.82. The van der Waals surface area contributed by atoms with Crippen LogP contribution in [0, 0.1) is 0 Å². The Bertz CT molecular complexity index is 728. The Morgan fingerprint density at radius 2 is 2.04 bits per heavy atom. The van der Waals surface area contributed by atoms with E-state index in [0.29, 0.717) is 18.8 Å². The summed E-state index contributed by atoms with van der Waals surface area (Å²) in [5.41, 5.74) is 9.50. The van der Waals surface area contributed by atoms with E-state index in [2.05, 4.69) is 24.4 Å². The summed E-state index contributed by atoms with van der Waals surface area (Å²) in [6, 6.07) is 13.6. The zero-order valence-electron chi connectivity index (χ0n) is 14.6. The highest BCUT2D eigenvalue weighted by Gasteiger charge is 2.20. The third-order valence-electron chi connectivity index (χ3n) is 4.33. The van der Waals surface area contributed by atoms with Gasteiger partial charge in [-0.3, -0.25) is 4.79 Å². The maximum Gasteiger partial charge on any atom is 0.243 e. The van der Waals surface area contributed by atoms with Crippen LogP contribution in [0.5, 0.6) is 5.75 Å². The zero-order chi connectivity index (χ0) is 17.6. The molecule has 0 aliphatic carbocycles.